The average molecular weight is 387 g/mol. The van der Waals surface area contributed by atoms with Crippen LogP contribution in [0.1, 0.15) is 32.6 Å². The van der Waals surface area contributed by atoms with E-state index in [0.29, 0.717) is 35.6 Å². The monoisotopic (exact) mass is 387 g/mol. The van der Waals surface area contributed by atoms with Gasteiger partial charge in [0, 0.05) is 30.4 Å². The van der Waals surface area contributed by atoms with Gasteiger partial charge in [-0.1, -0.05) is 6.92 Å². The zero-order valence-electron chi connectivity index (χ0n) is 16.0. The lowest BCUT2D eigenvalue weighted by Crippen LogP contribution is -2.35. The second-order valence-corrected chi connectivity index (χ2v) is 7.32. The maximum absolute atomic E-state index is 13.6. The van der Waals surface area contributed by atoms with Crippen LogP contribution in [0.2, 0.25) is 0 Å². The van der Waals surface area contributed by atoms with Crippen molar-refractivity contribution in [2.45, 2.75) is 44.7 Å². The Morgan fingerprint density at radius 2 is 1.93 bits per heavy atom. The van der Waals surface area contributed by atoms with Crippen molar-refractivity contribution < 1.29 is 9.50 Å². The highest BCUT2D eigenvalue weighted by molar-refractivity contribution is 5.57. The maximum atomic E-state index is 13.6. The molecule has 2 aromatic rings. The summed E-state index contributed by atoms with van der Waals surface area (Å²) in [7, 11) is 0. The van der Waals surface area contributed by atoms with Crippen LogP contribution in [0.4, 0.5) is 27.9 Å². The molecule has 1 saturated carbocycles. The second kappa shape index (κ2) is 8.14. The summed E-state index contributed by atoms with van der Waals surface area (Å²) in [5, 5.41) is 19.0. The Hall–Kier alpha value is -2.68. The van der Waals surface area contributed by atoms with Crippen molar-refractivity contribution in [3.63, 3.8) is 0 Å². The molecule has 1 aromatic carbocycles. The highest BCUT2D eigenvalue weighted by Crippen LogP contribution is 2.25. The summed E-state index contributed by atoms with van der Waals surface area (Å²) in [5.41, 5.74) is 0.456. The first-order valence-corrected chi connectivity index (χ1v) is 9.87. The molecule has 9 heteroatoms. The summed E-state index contributed by atoms with van der Waals surface area (Å²) in [6.07, 6.45) is 4.59. The molecule has 1 atom stereocenters. The quantitative estimate of drug-likeness (QED) is 0.513. The van der Waals surface area contributed by atoms with E-state index in [0.717, 1.165) is 38.9 Å². The van der Waals surface area contributed by atoms with Gasteiger partial charge in [-0.25, -0.2) is 4.39 Å². The molecule has 28 heavy (non-hydrogen) atoms. The summed E-state index contributed by atoms with van der Waals surface area (Å²) in [6.45, 7) is 5.12. The Morgan fingerprint density at radius 3 is 2.68 bits per heavy atom. The smallest absolute Gasteiger partial charge is 0.233 e. The third-order valence-electron chi connectivity index (χ3n) is 5.15. The number of phenolic OH excluding ortho intramolecular Hbond substituents is 1. The van der Waals surface area contributed by atoms with Crippen molar-refractivity contribution >= 4 is 23.5 Å². The Balaban J connectivity index is 1.50. The maximum Gasteiger partial charge on any atom is 0.233 e. The van der Waals surface area contributed by atoms with Gasteiger partial charge in [-0.2, -0.15) is 15.0 Å². The molecule has 150 valence electrons. The molecule has 0 bridgehead atoms. The third-order valence-corrected chi connectivity index (χ3v) is 5.15. The zero-order chi connectivity index (χ0) is 19.5. The van der Waals surface area contributed by atoms with Gasteiger partial charge in [-0.05, 0) is 50.9 Å². The van der Waals surface area contributed by atoms with Gasteiger partial charge in [-0.15, -0.1) is 0 Å². The van der Waals surface area contributed by atoms with Gasteiger partial charge in [0.1, 0.15) is 0 Å². The SMILES string of the molecule is CCN1CCCC1CNc1nc(Nc2ccc(O)c(F)c2)nc(NC2CC2)n1. The van der Waals surface area contributed by atoms with E-state index in [-0.39, 0.29) is 0 Å². The Kier molecular flexibility index (Phi) is 5.43. The molecule has 4 rings (SSSR count). The Bertz CT molecular complexity index is 830. The van der Waals surface area contributed by atoms with Crippen molar-refractivity contribution in [1.82, 2.24) is 19.9 Å². The lowest BCUT2D eigenvalue weighted by molar-refractivity contribution is 0.277. The van der Waals surface area contributed by atoms with Crippen LogP contribution in [0.3, 0.4) is 0 Å². The zero-order valence-corrected chi connectivity index (χ0v) is 16.0. The first-order chi connectivity index (χ1) is 13.6. The largest absolute Gasteiger partial charge is 0.505 e. The van der Waals surface area contributed by atoms with Crippen LogP contribution in [-0.4, -0.2) is 56.7 Å². The molecule has 0 spiro atoms. The van der Waals surface area contributed by atoms with E-state index in [1.807, 2.05) is 0 Å². The summed E-state index contributed by atoms with van der Waals surface area (Å²) >= 11 is 0. The third kappa shape index (κ3) is 4.59. The number of rotatable bonds is 8. The fraction of sp³-hybridized carbons (Fsp3) is 0.526. The molecule has 2 fully saturated rings. The number of phenols is 1. The summed E-state index contributed by atoms with van der Waals surface area (Å²) in [4.78, 5) is 15.8. The minimum Gasteiger partial charge on any atom is -0.505 e. The molecule has 1 aliphatic heterocycles. The lowest BCUT2D eigenvalue weighted by atomic mass is 10.2. The standard InChI is InChI=1S/C19H26FN7O/c1-2-27-9-3-4-14(27)11-21-17-24-18(22-12-5-6-12)26-19(25-17)23-13-7-8-16(28)15(20)10-13/h7-8,10,12,14,28H,2-6,9,11H2,1H3,(H3,21,22,23,24,25,26). The van der Waals surface area contributed by atoms with Gasteiger partial charge >= 0.3 is 0 Å². The van der Waals surface area contributed by atoms with Crippen LogP contribution in [-0.2, 0) is 0 Å². The summed E-state index contributed by atoms with van der Waals surface area (Å²) in [5.74, 6) is 0.221. The molecular weight excluding hydrogens is 361 g/mol. The predicted octanol–water partition coefficient (Wildman–Crippen LogP) is 2.93. The van der Waals surface area contributed by atoms with Gasteiger partial charge < -0.3 is 21.1 Å². The number of aromatic nitrogens is 3. The van der Waals surface area contributed by atoms with Crippen LogP contribution < -0.4 is 16.0 Å². The number of hydrogen-bond donors (Lipinski definition) is 4. The summed E-state index contributed by atoms with van der Waals surface area (Å²) in [6, 6.07) is 4.95. The van der Waals surface area contributed by atoms with E-state index < -0.39 is 11.6 Å². The van der Waals surface area contributed by atoms with E-state index in [2.05, 4.69) is 42.7 Å². The fourth-order valence-electron chi connectivity index (χ4n) is 3.45. The average Bonchev–Trinajstić information content (AvgIpc) is 3.37. The molecule has 1 aliphatic carbocycles. The van der Waals surface area contributed by atoms with Crippen LogP contribution in [0.5, 0.6) is 5.75 Å². The van der Waals surface area contributed by atoms with Crippen molar-refractivity contribution in [2.24, 2.45) is 0 Å². The number of nitrogens with one attached hydrogen (secondary N) is 3. The van der Waals surface area contributed by atoms with Crippen molar-refractivity contribution in [3.8, 4) is 5.75 Å². The number of likely N-dealkylation sites (N-methyl/N-ethyl adjacent to an activating group) is 1. The summed E-state index contributed by atoms with van der Waals surface area (Å²) < 4.78 is 13.6. The first kappa shape index (κ1) is 18.7. The molecule has 2 aliphatic rings. The van der Waals surface area contributed by atoms with Crippen LogP contribution in [0.25, 0.3) is 0 Å². The number of likely N-dealkylation sites (tertiary alicyclic amines) is 1. The van der Waals surface area contributed by atoms with Crippen LogP contribution in [0, 0.1) is 5.82 Å². The molecule has 1 aromatic heterocycles. The molecule has 4 N–H and O–H groups in total. The predicted molar refractivity (Wildman–Crippen MR) is 107 cm³/mol. The van der Waals surface area contributed by atoms with Gasteiger partial charge in [-0.3, -0.25) is 4.90 Å². The number of aromatic hydroxyl groups is 1. The van der Waals surface area contributed by atoms with E-state index in [9.17, 15) is 9.50 Å². The van der Waals surface area contributed by atoms with E-state index >= 15 is 0 Å². The number of hydrogen-bond acceptors (Lipinski definition) is 8. The Morgan fingerprint density at radius 1 is 1.14 bits per heavy atom. The molecule has 2 heterocycles. The highest BCUT2D eigenvalue weighted by Gasteiger charge is 2.24. The topological polar surface area (TPSA) is 98.2 Å². The minimum absolute atomic E-state index is 0.324. The van der Waals surface area contributed by atoms with Gasteiger partial charge in [0.2, 0.25) is 17.8 Å². The normalized spacial score (nSPS) is 19.6. The Labute approximate surface area is 163 Å². The van der Waals surface area contributed by atoms with E-state index in [1.54, 1.807) is 6.07 Å². The van der Waals surface area contributed by atoms with Crippen molar-refractivity contribution in [1.29, 1.82) is 0 Å². The number of anilines is 4. The van der Waals surface area contributed by atoms with Crippen molar-refractivity contribution in [2.75, 3.05) is 35.6 Å². The van der Waals surface area contributed by atoms with Crippen LogP contribution >= 0.6 is 0 Å². The molecule has 0 radical (unpaired) electrons. The molecular formula is C19H26FN7O. The number of benzene rings is 1. The van der Waals surface area contributed by atoms with E-state index in [1.165, 1.54) is 18.6 Å². The van der Waals surface area contributed by atoms with E-state index in [4.69, 9.17) is 0 Å². The van der Waals surface area contributed by atoms with Crippen molar-refractivity contribution in [3.05, 3.63) is 24.0 Å². The molecule has 8 nitrogen and oxygen atoms in total. The van der Waals surface area contributed by atoms with Gasteiger partial charge in [0.05, 0.1) is 0 Å². The molecule has 0 amide bonds. The number of halogens is 1. The lowest BCUT2D eigenvalue weighted by Gasteiger charge is -2.23. The molecule has 1 unspecified atom stereocenters. The first-order valence-electron chi connectivity index (χ1n) is 9.87. The molecule has 1 saturated heterocycles. The minimum atomic E-state index is -0.699. The van der Waals surface area contributed by atoms with Gasteiger partial charge in [0.15, 0.2) is 11.6 Å². The second-order valence-electron chi connectivity index (χ2n) is 7.32. The van der Waals surface area contributed by atoms with Gasteiger partial charge in [0.25, 0.3) is 0 Å². The van der Waals surface area contributed by atoms with Crippen LogP contribution in [0.15, 0.2) is 18.2 Å². The highest BCUT2D eigenvalue weighted by atomic mass is 19.1. The number of nitrogens with zero attached hydrogens (tertiary/aromatic N) is 4. The fourth-order valence-corrected chi connectivity index (χ4v) is 3.45.